The molecule has 9 heavy (non-hydrogen) atoms. The molecular formula is C2H9NNaO4P. The van der Waals surface area contributed by atoms with Crippen LogP contribution in [-0.2, 0) is 9.09 Å². The van der Waals surface area contributed by atoms with E-state index >= 15 is 0 Å². The monoisotopic (exact) mass is 165 g/mol. The van der Waals surface area contributed by atoms with Crippen LogP contribution < -0.4 is 35.3 Å². The quantitative estimate of drug-likeness (QED) is 0.294. The molecule has 0 saturated carbocycles. The van der Waals surface area contributed by atoms with Crippen molar-refractivity contribution in [3.63, 3.8) is 0 Å². The molecule has 0 aliphatic heterocycles. The van der Waals surface area contributed by atoms with Crippen LogP contribution in [0, 0.1) is 0 Å². The minimum atomic E-state index is -4.26. The zero-order chi connectivity index (χ0) is 6.62. The van der Waals surface area contributed by atoms with Crippen LogP contribution in [0.4, 0.5) is 0 Å². The molecule has 7 heteroatoms. The van der Waals surface area contributed by atoms with Gasteiger partial charge in [0.2, 0.25) is 0 Å². The molecule has 0 aliphatic carbocycles. The molecule has 0 heterocycles. The van der Waals surface area contributed by atoms with E-state index in [-0.39, 0.29) is 44.1 Å². The summed E-state index contributed by atoms with van der Waals surface area (Å²) in [5.41, 5.74) is 4.87. The van der Waals surface area contributed by atoms with Crippen LogP contribution in [0.3, 0.4) is 0 Å². The Hall–Kier alpha value is 1.07. The first-order valence-electron chi connectivity index (χ1n) is 1.96. The van der Waals surface area contributed by atoms with E-state index in [2.05, 4.69) is 4.52 Å². The van der Waals surface area contributed by atoms with Crippen molar-refractivity contribution in [2.75, 3.05) is 13.2 Å². The Kier molecular flexibility index (Phi) is 8.23. The zero-order valence-electron chi connectivity index (χ0n) is 6.15. The topological polar surface area (TPSA) is 92.8 Å². The summed E-state index contributed by atoms with van der Waals surface area (Å²) in [7, 11) is -4.26. The summed E-state index contributed by atoms with van der Waals surface area (Å²) in [6.45, 7) is 0.00931. The largest absolute Gasteiger partial charge is 1.00 e. The third-order valence-corrected chi connectivity index (χ3v) is 0.896. The van der Waals surface area contributed by atoms with Crippen LogP contribution in [0.1, 0.15) is 1.43 Å². The van der Waals surface area contributed by atoms with E-state index in [0.717, 1.165) is 0 Å². The van der Waals surface area contributed by atoms with Gasteiger partial charge in [0.1, 0.15) is 0 Å². The minimum Gasteiger partial charge on any atom is -1.00 e. The van der Waals surface area contributed by atoms with Gasteiger partial charge in [0.15, 0.2) is 0 Å². The summed E-state index contributed by atoms with van der Waals surface area (Å²) in [5, 5.41) is 0. The maximum absolute atomic E-state index is 9.81. The van der Waals surface area contributed by atoms with Crippen molar-refractivity contribution in [1.82, 2.24) is 0 Å². The molecule has 0 aromatic carbocycles. The van der Waals surface area contributed by atoms with Crippen molar-refractivity contribution in [3.05, 3.63) is 0 Å². The Bertz CT molecular complexity index is 107. The summed E-state index contributed by atoms with van der Waals surface area (Å²) in [5.74, 6) is 0. The molecule has 0 aliphatic rings. The smallest absolute Gasteiger partial charge is 1.00 e. The molecule has 0 radical (unpaired) electrons. The van der Waals surface area contributed by atoms with Crippen molar-refractivity contribution in [1.29, 1.82) is 0 Å². The van der Waals surface area contributed by atoms with Gasteiger partial charge in [-0.05, 0) is 0 Å². The predicted octanol–water partition coefficient (Wildman–Crippen LogP) is -3.83. The van der Waals surface area contributed by atoms with Gasteiger partial charge in [-0.3, -0.25) is 4.52 Å². The minimum absolute atomic E-state index is 0. The molecule has 0 spiro atoms. The fraction of sp³-hybridized carbons (Fsp3) is 1.00. The van der Waals surface area contributed by atoms with E-state index in [1.807, 2.05) is 0 Å². The fourth-order valence-electron chi connectivity index (χ4n) is 0.172. The van der Waals surface area contributed by atoms with Crippen molar-refractivity contribution in [2.45, 2.75) is 0 Å². The molecule has 0 bridgehead atoms. The number of phosphoric ester groups is 1. The van der Waals surface area contributed by atoms with Crippen LogP contribution in [0.5, 0.6) is 0 Å². The molecule has 0 aromatic rings. The van der Waals surface area contributed by atoms with Crippen LogP contribution >= 0.6 is 7.82 Å². The SMILES string of the molecule is NCCOP(=O)(O)O.[H-].[Na+]. The third-order valence-electron chi connectivity index (χ3n) is 0.377. The second-order valence-electron chi connectivity index (χ2n) is 1.11. The van der Waals surface area contributed by atoms with Gasteiger partial charge in [-0.1, -0.05) is 0 Å². The van der Waals surface area contributed by atoms with Crippen molar-refractivity contribution < 1.29 is 49.9 Å². The van der Waals surface area contributed by atoms with E-state index in [1.165, 1.54) is 0 Å². The van der Waals surface area contributed by atoms with Crippen LogP contribution in [-0.4, -0.2) is 22.9 Å². The summed E-state index contributed by atoms with van der Waals surface area (Å²) in [6.07, 6.45) is 0. The molecule has 0 unspecified atom stereocenters. The average molecular weight is 165 g/mol. The van der Waals surface area contributed by atoms with Gasteiger partial charge in [0, 0.05) is 6.54 Å². The second kappa shape index (κ2) is 5.82. The standard InChI is InChI=1S/C2H8NO4P.Na.H/c3-1-2-7-8(4,5)6;;/h1-3H2,(H2,4,5,6);;/q;+1;-1. The Morgan fingerprint density at radius 2 is 2.11 bits per heavy atom. The predicted molar refractivity (Wildman–Crippen MR) is 28.2 cm³/mol. The maximum atomic E-state index is 9.81. The summed E-state index contributed by atoms with van der Waals surface area (Å²) < 4.78 is 13.7. The normalized spacial score (nSPS) is 10.6. The van der Waals surface area contributed by atoms with Gasteiger partial charge in [-0.2, -0.15) is 0 Å². The Morgan fingerprint density at radius 1 is 1.67 bits per heavy atom. The van der Waals surface area contributed by atoms with Gasteiger partial charge < -0.3 is 16.9 Å². The van der Waals surface area contributed by atoms with E-state index in [1.54, 1.807) is 0 Å². The Morgan fingerprint density at radius 3 is 2.22 bits per heavy atom. The third kappa shape index (κ3) is 12.3. The van der Waals surface area contributed by atoms with E-state index in [0.29, 0.717) is 0 Å². The fourth-order valence-corrected chi connectivity index (χ4v) is 0.515. The van der Waals surface area contributed by atoms with Gasteiger partial charge >= 0.3 is 37.4 Å². The van der Waals surface area contributed by atoms with E-state index in [9.17, 15) is 4.57 Å². The first-order valence-corrected chi connectivity index (χ1v) is 3.49. The van der Waals surface area contributed by atoms with E-state index in [4.69, 9.17) is 15.5 Å². The molecule has 0 aromatic heterocycles. The maximum Gasteiger partial charge on any atom is 1.00 e. The number of phosphoric acid groups is 1. The number of nitrogens with two attached hydrogens (primary N) is 1. The number of hydrogen-bond donors (Lipinski definition) is 3. The van der Waals surface area contributed by atoms with Crippen LogP contribution in [0.25, 0.3) is 0 Å². The number of rotatable bonds is 3. The summed E-state index contributed by atoms with van der Waals surface area (Å²) in [4.78, 5) is 16.0. The van der Waals surface area contributed by atoms with E-state index < -0.39 is 7.82 Å². The second-order valence-corrected chi connectivity index (χ2v) is 2.35. The molecule has 0 atom stereocenters. The molecule has 0 rings (SSSR count). The first kappa shape index (κ1) is 12.7. The molecule has 0 amide bonds. The Balaban J connectivity index is -0.000000245. The molecule has 0 fully saturated rings. The van der Waals surface area contributed by atoms with Crippen molar-refractivity contribution >= 4 is 7.82 Å². The van der Waals surface area contributed by atoms with Crippen LogP contribution in [0.2, 0.25) is 0 Å². The molecular weight excluding hydrogens is 156 g/mol. The summed E-state index contributed by atoms with van der Waals surface area (Å²) in [6, 6.07) is 0. The van der Waals surface area contributed by atoms with Crippen molar-refractivity contribution in [2.24, 2.45) is 5.73 Å². The first-order chi connectivity index (χ1) is 3.56. The van der Waals surface area contributed by atoms with Gasteiger partial charge in [-0.15, -0.1) is 0 Å². The number of hydrogen-bond acceptors (Lipinski definition) is 3. The molecule has 52 valence electrons. The molecule has 4 N–H and O–H groups in total. The molecule has 5 nitrogen and oxygen atoms in total. The Labute approximate surface area is 76.6 Å². The van der Waals surface area contributed by atoms with Gasteiger partial charge in [0.25, 0.3) is 0 Å². The van der Waals surface area contributed by atoms with Crippen LogP contribution in [0.15, 0.2) is 0 Å². The summed E-state index contributed by atoms with van der Waals surface area (Å²) >= 11 is 0. The molecule has 0 saturated heterocycles. The average Bonchev–Trinajstić information content (AvgIpc) is 1.59. The van der Waals surface area contributed by atoms with Gasteiger partial charge in [-0.25, -0.2) is 4.57 Å². The van der Waals surface area contributed by atoms with Crippen molar-refractivity contribution in [3.8, 4) is 0 Å². The zero-order valence-corrected chi connectivity index (χ0v) is 8.04. The van der Waals surface area contributed by atoms with Gasteiger partial charge in [0.05, 0.1) is 6.61 Å².